The predicted molar refractivity (Wildman–Crippen MR) is 92.0 cm³/mol. The van der Waals surface area contributed by atoms with Crippen LogP contribution in [0.2, 0.25) is 0 Å². The first-order chi connectivity index (χ1) is 10.5. The summed E-state index contributed by atoms with van der Waals surface area (Å²) in [6, 6.07) is 9.25. The number of likely N-dealkylation sites (N-methyl/N-ethyl adjacent to an activating group) is 1. The first-order valence-corrected chi connectivity index (χ1v) is 8.68. The molecule has 5 heteroatoms. The lowest BCUT2D eigenvalue weighted by Crippen LogP contribution is -2.36. The minimum atomic E-state index is -0.744. The summed E-state index contributed by atoms with van der Waals surface area (Å²) in [4.78, 5) is 15.4. The van der Waals surface area contributed by atoms with Crippen molar-refractivity contribution in [2.24, 2.45) is 0 Å². The number of carboxylic acids is 1. The van der Waals surface area contributed by atoms with E-state index in [0.29, 0.717) is 12.1 Å². The maximum atomic E-state index is 10.9. The molecule has 1 aromatic carbocycles. The van der Waals surface area contributed by atoms with E-state index in [1.54, 1.807) is 0 Å². The standard InChI is InChI=1S/C17H25BrN2O2/c1-13(14-5-3-6-15(18)11-14)20-9-4-7-16(8-10-20)19(2)12-17(21)22/h3,5-6,11,13,16H,4,7-10,12H2,1-2H3,(H,21,22). The van der Waals surface area contributed by atoms with Crippen LogP contribution in [0.5, 0.6) is 0 Å². The highest BCUT2D eigenvalue weighted by molar-refractivity contribution is 9.10. The molecule has 1 saturated heterocycles. The Balaban J connectivity index is 1.96. The topological polar surface area (TPSA) is 43.8 Å². The Hall–Kier alpha value is -0.910. The second-order valence-corrected chi connectivity index (χ2v) is 7.08. The van der Waals surface area contributed by atoms with E-state index in [-0.39, 0.29) is 6.54 Å². The fourth-order valence-corrected chi connectivity index (χ4v) is 3.67. The van der Waals surface area contributed by atoms with Gasteiger partial charge in [0, 0.05) is 23.1 Å². The Morgan fingerprint density at radius 1 is 1.45 bits per heavy atom. The number of nitrogens with zero attached hydrogens (tertiary/aromatic N) is 2. The number of hydrogen-bond acceptors (Lipinski definition) is 3. The van der Waals surface area contributed by atoms with Crippen molar-refractivity contribution in [2.75, 3.05) is 26.7 Å². The van der Waals surface area contributed by atoms with Crippen molar-refractivity contribution in [1.29, 1.82) is 0 Å². The number of likely N-dealkylation sites (tertiary alicyclic amines) is 1. The van der Waals surface area contributed by atoms with Gasteiger partial charge in [0.2, 0.25) is 0 Å². The highest BCUT2D eigenvalue weighted by atomic mass is 79.9. The Morgan fingerprint density at radius 2 is 2.23 bits per heavy atom. The van der Waals surface area contributed by atoms with Gasteiger partial charge in [0.1, 0.15) is 0 Å². The average Bonchev–Trinajstić information content (AvgIpc) is 2.71. The molecule has 4 nitrogen and oxygen atoms in total. The molecule has 22 heavy (non-hydrogen) atoms. The molecule has 122 valence electrons. The molecule has 1 aliphatic heterocycles. The van der Waals surface area contributed by atoms with E-state index in [4.69, 9.17) is 5.11 Å². The third-order valence-electron chi connectivity index (χ3n) is 4.62. The van der Waals surface area contributed by atoms with Gasteiger partial charge in [0.15, 0.2) is 0 Å². The smallest absolute Gasteiger partial charge is 0.317 e. The molecule has 1 aromatic rings. The Morgan fingerprint density at radius 3 is 2.91 bits per heavy atom. The van der Waals surface area contributed by atoms with Gasteiger partial charge in [-0.1, -0.05) is 28.1 Å². The molecule has 0 radical (unpaired) electrons. The van der Waals surface area contributed by atoms with E-state index in [0.717, 1.165) is 36.8 Å². The van der Waals surface area contributed by atoms with Gasteiger partial charge in [0.25, 0.3) is 0 Å². The van der Waals surface area contributed by atoms with Crippen LogP contribution in [0.1, 0.15) is 37.8 Å². The lowest BCUT2D eigenvalue weighted by molar-refractivity contribution is -0.138. The molecule has 2 rings (SSSR count). The van der Waals surface area contributed by atoms with Gasteiger partial charge in [-0.2, -0.15) is 0 Å². The summed E-state index contributed by atoms with van der Waals surface area (Å²) in [6.07, 6.45) is 3.22. The molecule has 2 unspecified atom stereocenters. The Bertz CT molecular complexity index is 509. The SMILES string of the molecule is CC(c1cccc(Br)c1)N1CCCC(N(C)CC(=O)O)CC1. The lowest BCUT2D eigenvalue weighted by atomic mass is 10.1. The third kappa shape index (κ3) is 4.80. The minimum Gasteiger partial charge on any atom is -0.480 e. The molecule has 0 spiro atoms. The zero-order valence-corrected chi connectivity index (χ0v) is 14.9. The Labute approximate surface area is 141 Å². The number of carbonyl (C=O) groups is 1. The average molecular weight is 369 g/mol. The maximum Gasteiger partial charge on any atom is 0.317 e. The molecule has 0 aliphatic carbocycles. The van der Waals surface area contributed by atoms with Crippen LogP contribution in [0.15, 0.2) is 28.7 Å². The van der Waals surface area contributed by atoms with Crippen molar-refractivity contribution < 1.29 is 9.90 Å². The summed E-state index contributed by atoms with van der Waals surface area (Å²) in [5, 5.41) is 8.94. The maximum absolute atomic E-state index is 10.9. The van der Waals surface area contributed by atoms with Gasteiger partial charge >= 0.3 is 5.97 Å². The van der Waals surface area contributed by atoms with Gasteiger partial charge in [-0.3, -0.25) is 14.6 Å². The van der Waals surface area contributed by atoms with Crippen LogP contribution >= 0.6 is 15.9 Å². The van der Waals surface area contributed by atoms with Crippen molar-refractivity contribution >= 4 is 21.9 Å². The summed E-state index contributed by atoms with van der Waals surface area (Å²) >= 11 is 3.54. The van der Waals surface area contributed by atoms with Crippen LogP contribution in [0.3, 0.4) is 0 Å². The summed E-state index contributed by atoms with van der Waals surface area (Å²) in [5.74, 6) is -0.744. The van der Waals surface area contributed by atoms with Crippen LogP contribution in [0, 0.1) is 0 Å². The lowest BCUT2D eigenvalue weighted by Gasteiger charge is -2.29. The zero-order valence-electron chi connectivity index (χ0n) is 13.3. The van der Waals surface area contributed by atoms with Crippen molar-refractivity contribution in [1.82, 2.24) is 9.80 Å². The van der Waals surface area contributed by atoms with Gasteiger partial charge in [-0.25, -0.2) is 0 Å². The molecule has 1 heterocycles. The van der Waals surface area contributed by atoms with E-state index >= 15 is 0 Å². The molecular weight excluding hydrogens is 344 g/mol. The first kappa shape index (κ1) is 17.4. The van der Waals surface area contributed by atoms with E-state index in [1.807, 2.05) is 11.9 Å². The third-order valence-corrected chi connectivity index (χ3v) is 5.11. The number of halogens is 1. The van der Waals surface area contributed by atoms with E-state index in [1.165, 1.54) is 5.56 Å². The van der Waals surface area contributed by atoms with Crippen LogP contribution < -0.4 is 0 Å². The molecule has 0 aromatic heterocycles. The molecule has 0 bridgehead atoms. The van der Waals surface area contributed by atoms with Gasteiger partial charge in [0.05, 0.1) is 6.54 Å². The fourth-order valence-electron chi connectivity index (χ4n) is 3.25. The Kier molecular flexibility index (Phi) is 6.41. The summed E-state index contributed by atoms with van der Waals surface area (Å²) in [5.41, 5.74) is 1.33. The van der Waals surface area contributed by atoms with Gasteiger partial charge in [-0.05, 0) is 57.5 Å². The van der Waals surface area contributed by atoms with Crippen LogP contribution in [-0.2, 0) is 4.79 Å². The quantitative estimate of drug-likeness (QED) is 0.864. The van der Waals surface area contributed by atoms with E-state index < -0.39 is 5.97 Å². The largest absolute Gasteiger partial charge is 0.480 e. The van der Waals surface area contributed by atoms with Crippen molar-refractivity contribution in [3.8, 4) is 0 Å². The molecule has 1 aliphatic rings. The number of benzene rings is 1. The molecule has 0 amide bonds. The fraction of sp³-hybridized carbons (Fsp3) is 0.588. The number of hydrogen-bond donors (Lipinski definition) is 1. The van der Waals surface area contributed by atoms with Crippen molar-refractivity contribution in [2.45, 2.75) is 38.3 Å². The molecule has 1 fully saturated rings. The number of aliphatic carboxylic acids is 1. The van der Waals surface area contributed by atoms with Gasteiger partial charge in [-0.15, -0.1) is 0 Å². The van der Waals surface area contributed by atoms with Crippen molar-refractivity contribution in [3.05, 3.63) is 34.3 Å². The van der Waals surface area contributed by atoms with Gasteiger partial charge < -0.3 is 5.11 Å². The molecular formula is C17H25BrN2O2. The van der Waals surface area contributed by atoms with Crippen LogP contribution in [0.4, 0.5) is 0 Å². The summed E-state index contributed by atoms with van der Waals surface area (Å²) in [6.45, 7) is 4.47. The number of carboxylic acid groups (broad SMARTS) is 1. The molecule has 1 N–H and O–H groups in total. The first-order valence-electron chi connectivity index (χ1n) is 7.89. The minimum absolute atomic E-state index is 0.131. The van der Waals surface area contributed by atoms with Crippen LogP contribution in [-0.4, -0.2) is 53.6 Å². The molecule has 0 saturated carbocycles. The molecule has 2 atom stereocenters. The van der Waals surface area contributed by atoms with Crippen LogP contribution in [0.25, 0.3) is 0 Å². The summed E-state index contributed by atoms with van der Waals surface area (Å²) in [7, 11) is 1.92. The monoisotopic (exact) mass is 368 g/mol. The second kappa shape index (κ2) is 8.09. The van der Waals surface area contributed by atoms with E-state index in [9.17, 15) is 4.79 Å². The van der Waals surface area contributed by atoms with Crippen molar-refractivity contribution in [3.63, 3.8) is 0 Å². The normalized spacial score (nSPS) is 21.5. The predicted octanol–water partition coefficient (Wildman–Crippen LogP) is 3.38. The second-order valence-electron chi connectivity index (χ2n) is 6.16. The highest BCUT2D eigenvalue weighted by Gasteiger charge is 2.24. The number of rotatable bonds is 5. The summed E-state index contributed by atoms with van der Waals surface area (Å²) < 4.78 is 1.12. The van der Waals surface area contributed by atoms with E-state index in [2.05, 4.69) is 52.0 Å². The zero-order chi connectivity index (χ0) is 16.1. The highest BCUT2D eigenvalue weighted by Crippen LogP contribution is 2.26.